The molecule has 9 heteroatoms. The molecule has 1 heterocycles. The van der Waals surface area contributed by atoms with Crippen molar-refractivity contribution in [2.75, 3.05) is 27.1 Å². The van der Waals surface area contributed by atoms with Crippen LogP contribution in [0, 0.1) is 0 Å². The smallest absolute Gasteiger partial charge is 0.230 e. The quantitative estimate of drug-likeness (QED) is 0.544. The Kier molecular flexibility index (Phi) is 6.76. The zero-order chi connectivity index (χ0) is 21.0. The summed E-state index contributed by atoms with van der Waals surface area (Å²) < 4.78 is 17.9. The Labute approximate surface area is 178 Å². The Morgan fingerprint density at radius 3 is 2.45 bits per heavy atom. The summed E-state index contributed by atoms with van der Waals surface area (Å²) in [6.45, 7) is 0.342. The van der Waals surface area contributed by atoms with Gasteiger partial charge < -0.3 is 24.1 Å². The van der Waals surface area contributed by atoms with E-state index in [1.165, 1.54) is 11.8 Å². The molecule has 2 aromatic carbocycles. The summed E-state index contributed by atoms with van der Waals surface area (Å²) in [6.07, 6.45) is 0. The van der Waals surface area contributed by atoms with Gasteiger partial charge >= 0.3 is 0 Å². The number of imidazole rings is 1. The normalized spacial score (nSPS) is 10.8. The van der Waals surface area contributed by atoms with Crippen molar-refractivity contribution in [1.29, 1.82) is 0 Å². The van der Waals surface area contributed by atoms with Gasteiger partial charge in [0, 0.05) is 18.6 Å². The SMILES string of the molecule is COc1cc(CNC(=O)CSc2nc3cc(Cl)ccc3n2C)cc(OC)c1OC. The van der Waals surface area contributed by atoms with E-state index in [0.29, 0.717) is 28.8 Å². The number of aromatic nitrogens is 2. The van der Waals surface area contributed by atoms with E-state index in [0.717, 1.165) is 21.8 Å². The maximum absolute atomic E-state index is 12.3. The number of ether oxygens (including phenoxy) is 3. The van der Waals surface area contributed by atoms with Crippen molar-refractivity contribution in [3.8, 4) is 17.2 Å². The standard InChI is InChI=1S/C20H22ClN3O4S/c1-24-15-6-5-13(21)9-14(15)23-20(24)29-11-18(25)22-10-12-7-16(26-2)19(28-4)17(8-12)27-3/h5-9H,10-11H2,1-4H3,(H,22,25). The number of methoxy groups -OCH3 is 3. The molecule has 0 aliphatic heterocycles. The fourth-order valence-electron chi connectivity index (χ4n) is 2.90. The highest BCUT2D eigenvalue weighted by Crippen LogP contribution is 2.38. The highest BCUT2D eigenvalue weighted by atomic mass is 35.5. The first-order valence-corrected chi connectivity index (χ1v) is 10.1. The molecule has 7 nitrogen and oxygen atoms in total. The molecular formula is C20H22ClN3O4S. The Morgan fingerprint density at radius 1 is 1.14 bits per heavy atom. The number of hydrogen-bond donors (Lipinski definition) is 1. The van der Waals surface area contributed by atoms with Gasteiger partial charge in [-0.25, -0.2) is 4.98 Å². The molecule has 0 atom stereocenters. The number of thioether (sulfide) groups is 1. The third kappa shape index (κ3) is 4.71. The van der Waals surface area contributed by atoms with E-state index < -0.39 is 0 Å². The lowest BCUT2D eigenvalue weighted by Crippen LogP contribution is -2.24. The van der Waals surface area contributed by atoms with Gasteiger partial charge in [-0.3, -0.25) is 4.79 Å². The minimum absolute atomic E-state index is 0.103. The third-order valence-corrected chi connectivity index (χ3v) is 5.61. The summed E-state index contributed by atoms with van der Waals surface area (Å²) >= 11 is 7.39. The number of aryl methyl sites for hydroxylation is 1. The third-order valence-electron chi connectivity index (χ3n) is 4.35. The summed E-state index contributed by atoms with van der Waals surface area (Å²) in [5.41, 5.74) is 2.62. The second-order valence-corrected chi connectivity index (χ2v) is 7.56. The molecule has 1 N–H and O–H groups in total. The predicted molar refractivity (Wildman–Crippen MR) is 114 cm³/mol. The molecule has 0 fully saturated rings. The molecule has 0 radical (unpaired) electrons. The predicted octanol–water partition coefficient (Wildman–Crippen LogP) is 3.66. The molecule has 0 bridgehead atoms. The number of amides is 1. The summed E-state index contributed by atoms with van der Waals surface area (Å²) in [5.74, 6) is 1.75. The van der Waals surface area contributed by atoms with Crippen LogP contribution in [0.1, 0.15) is 5.56 Å². The van der Waals surface area contributed by atoms with Crippen LogP contribution in [0.2, 0.25) is 5.02 Å². The van der Waals surface area contributed by atoms with Crippen LogP contribution >= 0.6 is 23.4 Å². The first kappa shape index (κ1) is 21.1. The van der Waals surface area contributed by atoms with Crippen LogP contribution < -0.4 is 19.5 Å². The zero-order valence-electron chi connectivity index (χ0n) is 16.6. The van der Waals surface area contributed by atoms with Crippen molar-refractivity contribution in [2.24, 2.45) is 7.05 Å². The molecule has 1 aromatic heterocycles. The van der Waals surface area contributed by atoms with Crippen LogP contribution in [-0.2, 0) is 18.4 Å². The number of nitrogens with zero attached hydrogens (tertiary/aromatic N) is 2. The number of fused-ring (bicyclic) bond motifs is 1. The van der Waals surface area contributed by atoms with E-state index in [1.54, 1.807) is 21.3 Å². The number of carbonyl (C=O) groups excluding carboxylic acids is 1. The summed E-state index contributed by atoms with van der Waals surface area (Å²) in [7, 11) is 6.58. The molecule has 0 spiro atoms. The zero-order valence-corrected chi connectivity index (χ0v) is 18.2. The van der Waals surface area contributed by atoms with Gasteiger partial charge in [0.1, 0.15) is 0 Å². The van der Waals surface area contributed by atoms with Gasteiger partial charge in [-0.1, -0.05) is 23.4 Å². The largest absolute Gasteiger partial charge is 0.493 e. The van der Waals surface area contributed by atoms with Crippen molar-refractivity contribution in [3.63, 3.8) is 0 Å². The molecule has 0 aliphatic carbocycles. The fourth-order valence-corrected chi connectivity index (χ4v) is 3.88. The Morgan fingerprint density at radius 2 is 1.83 bits per heavy atom. The number of nitrogens with one attached hydrogen (secondary N) is 1. The number of hydrogen-bond acceptors (Lipinski definition) is 6. The highest BCUT2D eigenvalue weighted by Gasteiger charge is 2.14. The van der Waals surface area contributed by atoms with Gasteiger partial charge in [-0.05, 0) is 35.9 Å². The molecule has 0 unspecified atom stereocenters. The second kappa shape index (κ2) is 9.28. The van der Waals surface area contributed by atoms with Gasteiger partial charge in [0.15, 0.2) is 16.7 Å². The molecular weight excluding hydrogens is 414 g/mol. The lowest BCUT2D eigenvalue weighted by molar-refractivity contribution is -0.118. The van der Waals surface area contributed by atoms with Crippen molar-refractivity contribution in [2.45, 2.75) is 11.7 Å². The lowest BCUT2D eigenvalue weighted by Gasteiger charge is -2.14. The summed E-state index contributed by atoms with van der Waals surface area (Å²) in [6, 6.07) is 9.17. The number of carbonyl (C=O) groups is 1. The molecule has 3 aromatic rings. The van der Waals surface area contributed by atoms with E-state index in [-0.39, 0.29) is 11.7 Å². The summed E-state index contributed by atoms with van der Waals surface area (Å²) in [5, 5.41) is 4.29. The van der Waals surface area contributed by atoms with E-state index in [2.05, 4.69) is 10.3 Å². The Hall–Kier alpha value is -2.58. The van der Waals surface area contributed by atoms with E-state index in [1.807, 2.05) is 41.9 Å². The van der Waals surface area contributed by atoms with Gasteiger partial charge in [0.25, 0.3) is 0 Å². The second-order valence-electron chi connectivity index (χ2n) is 6.19. The molecule has 0 aliphatic rings. The fraction of sp³-hybridized carbons (Fsp3) is 0.300. The molecule has 0 saturated carbocycles. The molecule has 0 saturated heterocycles. The van der Waals surface area contributed by atoms with Crippen molar-refractivity contribution < 1.29 is 19.0 Å². The van der Waals surface area contributed by atoms with Gasteiger partial charge in [-0.2, -0.15) is 0 Å². The number of benzene rings is 2. The average molecular weight is 436 g/mol. The number of rotatable bonds is 8. The molecule has 1 amide bonds. The Bertz CT molecular complexity index is 1010. The van der Waals surface area contributed by atoms with Gasteiger partial charge in [-0.15, -0.1) is 0 Å². The van der Waals surface area contributed by atoms with Crippen molar-refractivity contribution >= 4 is 40.3 Å². The van der Waals surface area contributed by atoms with Gasteiger partial charge in [0.2, 0.25) is 11.7 Å². The maximum Gasteiger partial charge on any atom is 0.230 e. The van der Waals surface area contributed by atoms with Crippen molar-refractivity contribution in [3.05, 3.63) is 40.9 Å². The monoisotopic (exact) mass is 435 g/mol. The number of halogens is 1. The van der Waals surface area contributed by atoms with E-state index >= 15 is 0 Å². The molecule has 154 valence electrons. The maximum atomic E-state index is 12.3. The summed E-state index contributed by atoms with van der Waals surface area (Å²) in [4.78, 5) is 16.9. The van der Waals surface area contributed by atoms with Crippen LogP contribution in [0.3, 0.4) is 0 Å². The van der Waals surface area contributed by atoms with E-state index in [9.17, 15) is 4.79 Å². The minimum atomic E-state index is -0.103. The molecule has 29 heavy (non-hydrogen) atoms. The average Bonchev–Trinajstić information content (AvgIpc) is 3.04. The van der Waals surface area contributed by atoms with Crippen molar-refractivity contribution in [1.82, 2.24) is 14.9 Å². The van der Waals surface area contributed by atoms with Gasteiger partial charge in [0.05, 0.1) is 38.1 Å². The lowest BCUT2D eigenvalue weighted by atomic mass is 10.2. The Balaban J connectivity index is 1.63. The van der Waals surface area contributed by atoms with Crippen LogP contribution in [0.25, 0.3) is 11.0 Å². The van der Waals surface area contributed by atoms with Crippen LogP contribution in [0.4, 0.5) is 0 Å². The first-order valence-electron chi connectivity index (χ1n) is 8.77. The molecule has 3 rings (SSSR count). The van der Waals surface area contributed by atoms with Crippen LogP contribution in [0.5, 0.6) is 17.2 Å². The topological polar surface area (TPSA) is 74.6 Å². The minimum Gasteiger partial charge on any atom is -0.493 e. The van der Waals surface area contributed by atoms with E-state index in [4.69, 9.17) is 25.8 Å². The van der Waals surface area contributed by atoms with Crippen LogP contribution in [0.15, 0.2) is 35.5 Å². The van der Waals surface area contributed by atoms with Crippen LogP contribution in [-0.4, -0.2) is 42.5 Å². The highest BCUT2D eigenvalue weighted by molar-refractivity contribution is 7.99. The first-order chi connectivity index (χ1) is 14.0.